The monoisotopic (exact) mass is 339 g/mol. The molecule has 0 spiro atoms. The molecule has 0 unspecified atom stereocenters. The highest BCUT2D eigenvalue weighted by Gasteiger charge is 2.23. The van der Waals surface area contributed by atoms with E-state index in [9.17, 15) is 0 Å². The van der Waals surface area contributed by atoms with Crippen LogP contribution in [0.3, 0.4) is 0 Å². The summed E-state index contributed by atoms with van der Waals surface area (Å²) in [4.78, 5) is 4.87. The summed E-state index contributed by atoms with van der Waals surface area (Å²) < 4.78 is 5.89. The predicted octanol–water partition coefficient (Wildman–Crippen LogP) is 3.34. The zero-order valence-electron chi connectivity index (χ0n) is 15.3. The van der Waals surface area contributed by atoms with E-state index in [4.69, 9.17) is 10.5 Å². The van der Waals surface area contributed by atoms with E-state index in [0.29, 0.717) is 6.04 Å². The van der Waals surface area contributed by atoms with Crippen LogP contribution in [0.2, 0.25) is 0 Å². The molecule has 1 aliphatic heterocycles. The second kappa shape index (κ2) is 8.37. The maximum Gasteiger partial charge on any atom is 0.119 e. The van der Waals surface area contributed by atoms with Crippen LogP contribution < -0.4 is 10.5 Å². The third-order valence-electron chi connectivity index (χ3n) is 4.96. The van der Waals surface area contributed by atoms with Crippen LogP contribution in [-0.2, 0) is 0 Å². The molecule has 0 amide bonds. The van der Waals surface area contributed by atoms with Crippen LogP contribution >= 0.6 is 0 Å². The number of hydrogen-bond acceptors (Lipinski definition) is 4. The minimum absolute atomic E-state index is 0.710. The molecular weight excluding hydrogens is 310 g/mol. The molecule has 0 bridgehead atoms. The highest BCUT2D eigenvalue weighted by molar-refractivity contribution is 5.66. The minimum Gasteiger partial charge on any atom is -0.494 e. The zero-order chi connectivity index (χ0) is 17.6. The van der Waals surface area contributed by atoms with Crippen molar-refractivity contribution in [2.75, 3.05) is 46.1 Å². The number of hydrogen-bond donors (Lipinski definition) is 1. The number of benzene rings is 2. The number of anilines is 1. The number of likely N-dealkylation sites (N-methyl/N-ethyl adjacent to an activating group) is 1. The van der Waals surface area contributed by atoms with Crippen molar-refractivity contribution in [1.82, 2.24) is 9.80 Å². The molecule has 1 aliphatic rings. The fourth-order valence-electron chi connectivity index (χ4n) is 3.33. The molecule has 25 heavy (non-hydrogen) atoms. The Morgan fingerprint density at radius 1 is 1.04 bits per heavy atom. The number of likely N-dealkylation sites (tertiary alicyclic amines) is 1. The van der Waals surface area contributed by atoms with Gasteiger partial charge in [0.05, 0.1) is 6.61 Å². The van der Waals surface area contributed by atoms with Crippen molar-refractivity contribution in [2.24, 2.45) is 0 Å². The van der Waals surface area contributed by atoms with Crippen molar-refractivity contribution in [3.8, 4) is 16.9 Å². The van der Waals surface area contributed by atoms with E-state index < -0.39 is 0 Å². The van der Waals surface area contributed by atoms with Crippen molar-refractivity contribution in [1.29, 1.82) is 0 Å². The van der Waals surface area contributed by atoms with Crippen LogP contribution in [0.4, 0.5) is 5.69 Å². The molecule has 2 aromatic carbocycles. The third kappa shape index (κ3) is 4.97. The summed E-state index contributed by atoms with van der Waals surface area (Å²) in [6, 6.07) is 16.9. The highest BCUT2D eigenvalue weighted by atomic mass is 16.5. The van der Waals surface area contributed by atoms with Gasteiger partial charge >= 0.3 is 0 Å². The second-order valence-electron chi connectivity index (χ2n) is 7.06. The first-order valence-electron chi connectivity index (χ1n) is 9.09. The van der Waals surface area contributed by atoms with E-state index in [2.05, 4.69) is 36.0 Å². The largest absolute Gasteiger partial charge is 0.494 e. The molecule has 0 aromatic heterocycles. The normalized spacial score (nSPS) is 18.0. The second-order valence-corrected chi connectivity index (χ2v) is 7.06. The van der Waals surface area contributed by atoms with Gasteiger partial charge in [-0.1, -0.05) is 24.3 Å². The van der Waals surface area contributed by atoms with E-state index >= 15 is 0 Å². The lowest BCUT2D eigenvalue weighted by Crippen LogP contribution is -2.32. The SMILES string of the molecule is CN(C)[C@@H]1CCN(CCCOc2ccc(-c3ccc(N)cc3)cc2)C1. The molecule has 1 fully saturated rings. The number of nitrogens with two attached hydrogens (primary N) is 1. The van der Waals surface area contributed by atoms with Crippen molar-refractivity contribution in [2.45, 2.75) is 18.9 Å². The Morgan fingerprint density at radius 2 is 1.68 bits per heavy atom. The lowest BCUT2D eigenvalue weighted by atomic mass is 10.1. The fraction of sp³-hybridized carbons (Fsp3) is 0.429. The lowest BCUT2D eigenvalue weighted by Gasteiger charge is -2.20. The molecule has 4 nitrogen and oxygen atoms in total. The fourth-order valence-corrected chi connectivity index (χ4v) is 3.33. The molecule has 2 N–H and O–H groups in total. The van der Waals surface area contributed by atoms with Gasteiger partial charge < -0.3 is 20.3 Å². The van der Waals surface area contributed by atoms with Gasteiger partial charge in [-0.15, -0.1) is 0 Å². The number of ether oxygens (including phenoxy) is 1. The first kappa shape index (κ1) is 17.8. The molecule has 0 radical (unpaired) electrons. The predicted molar refractivity (Wildman–Crippen MR) is 105 cm³/mol. The Balaban J connectivity index is 1.41. The zero-order valence-corrected chi connectivity index (χ0v) is 15.3. The number of nitrogens with zero attached hydrogens (tertiary/aromatic N) is 2. The van der Waals surface area contributed by atoms with Gasteiger partial charge in [-0.05, 0) is 68.9 Å². The molecule has 0 saturated carbocycles. The Bertz CT molecular complexity index is 652. The quantitative estimate of drug-likeness (QED) is 0.620. The van der Waals surface area contributed by atoms with E-state index in [1.807, 2.05) is 36.4 Å². The minimum atomic E-state index is 0.710. The Labute approximate surface area is 151 Å². The first-order chi connectivity index (χ1) is 12.1. The molecule has 4 heteroatoms. The number of rotatable bonds is 7. The molecule has 0 aliphatic carbocycles. The summed E-state index contributed by atoms with van der Waals surface area (Å²) in [6.07, 6.45) is 2.35. The molecule has 2 aromatic rings. The van der Waals surface area contributed by atoms with Gasteiger partial charge in [0.1, 0.15) is 5.75 Å². The van der Waals surface area contributed by atoms with E-state index in [-0.39, 0.29) is 0 Å². The molecule has 3 rings (SSSR count). The molecule has 1 saturated heterocycles. The molecule has 134 valence electrons. The van der Waals surface area contributed by atoms with E-state index in [1.165, 1.54) is 30.6 Å². The van der Waals surface area contributed by atoms with Gasteiger partial charge in [-0.3, -0.25) is 0 Å². The van der Waals surface area contributed by atoms with Crippen LogP contribution in [0, 0.1) is 0 Å². The molecule has 1 atom stereocenters. The van der Waals surface area contributed by atoms with Gasteiger partial charge in [0, 0.05) is 24.8 Å². The van der Waals surface area contributed by atoms with Crippen LogP contribution in [0.25, 0.3) is 11.1 Å². The van der Waals surface area contributed by atoms with Crippen molar-refractivity contribution in [3.63, 3.8) is 0 Å². The summed E-state index contributed by atoms with van der Waals surface area (Å²) >= 11 is 0. The summed E-state index contributed by atoms with van der Waals surface area (Å²) in [5, 5.41) is 0. The lowest BCUT2D eigenvalue weighted by molar-refractivity contribution is 0.242. The van der Waals surface area contributed by atoms with E-state index in [0.717, 1.165) is 31.0 Å². The molecule has 1 heterocycles. The van der Waals surface area contributed by atoms with Crippen LogP contribution in [-0.4, -0.2) is 56.2 Å². The van der Waals surface area contributed by atoms with Crippen LogP contribution in [0.15, 0.2) is 48.5 Å². The van der Waals surface area contributed by atoms with Gasteiger partial charge in [0.25, 0.3) is 0 Å². The maximum atomic E-state index is 5.89. The van der Waals surface area contributed by atoms with Crippen LogP contribution in [0.5, 0.6) is 5.75 Å². The summed E-state index contributed by atoms with van der Waals surface area (Å²) in [5.41, 5.74) is 8.88. The van der Waals surface area contributed by atoms with Gasteiger partial charge in [-0.2, -0.15) is 0 Å². The Hall–Kier alpha value is -2.04. The maximum absolute atomic E-state index is 5.89. The summed E-state index contributed by atoms with van der Waals surface area (Å²) in [7, 11) is 4.34. The van der Waals surface area contributed by atoms with Crippen molar-refractivity contribution >= 4 is 5.69 Å². The molecular formula is C21H29N3O. The van der Waals surface area contributed by atoms with Gasteiger partial charge in [0.15, 0.2) is 0 Å². The average molecular weight is 339 g/mol. The smallest absolute Gasteiger partial charge is 0.119 e. The topological polar surface area (TPSA) is 41.7 Å². The van der Waals surface area contributed by atoms with E-state index in [1.54, 1.807) is 0 Å². The van der Waals surface area contributed by atoms with Crippen molar-refractivity contribution in [3.05, 3.63) is 48.5 Å². The third-order valence-corrected chi connectivity index (χ3v) is 4.96. The summed E-state index contributed by atoms with van der Waals surface area (Å²) in [6.45, 7) is 4.28. The first-order valence-corrected chi connectivity index (χ1v) is 9.09. The van der Waals surface area contributed by atoms with Gasteiger partial charge in [-0.25, -0.2) is 0 Å². The number of nitrogen functional groups attached to an aromatic ring is 1. The highest BCUT2D eigenvalue weighted by Crippen LogP contribution is 2.23. The average Bonchev–Trinajstić information content (AvgIpc) is 3.09. The van der Waals surface area contributed by atoms with Gasteiger partial charge in [0.2, 0.25) is 0 Å². The Kier molecular flexibility index (Phi) is 5.95. The standard InChI is InChI=1S/C21H29N3O/c1-23(2)20-12-14-24(16-20)13-3-15-25-21-10-6-18(7-11-21)17-4-8-19(22)9-5-17/h4-11,20H,3,12-16,22H2,1-2H3/t20-/m1/s1. The van der Waals surface area contributed by atoms with Crippen LogP contribution in [0.1, 0.15) is 12.8 Å². The Morgan fingerprint density at radius 3 is 2.28 bits per heavy atom. The summed E-state index contributed by atoms with van der Waals surface area (Å²) in [5.74, 6) is 0.937. The van der Waals surface area contributed by atoms with Crippen molar-refractivity contribution < 1.29 is 4.74 Å².